The lowest BCUT2D eigenvalue weighted by atomic mass is 9.89. The number of hydrogen-bond donors (Lipinski definition) is 1. The van der Waals surface area contributed by atoms with E-state index < -0.39 is 4.92 Å². The fourth-order valence-corrected chi connectivity index (χ4v) is 4.69. The lowest BCUT2D eigenvalue weighted by molar-refractivity contribution is -0.385. The molecule has 0 atom stereocenters. The van der Waals surface area contributed by atoms with Crippen molar-refractivity contribution < 1.29 is 19.2 Å². The zero-order chi connectivity index (χ0) is 26.5. The van der Waals surface area contributed by atoms with Crippen molar-refractivity contribution >= 4 is 34.8 Å². The highest BCUT2D eigenvalue weighted by Gasteiger charge is 2.25. The number of anilines is 1. The van der Waals surface area contributed by atoms with Gasteiger partial charge in [0.1, 0.15) is 5.15 Å². The summed E-state index contributed by atoms with van der Waals surface area (Å²) in [6.07, 6.45) is 1.68. The van der Waals surface area contributed by atoms with Gasteiger partial charge in [-0.2, -0.15) is 0 Å². The van der Waals surface area contributed by atoms with Gasteiger partial charge in [0, 0.05) is 42.0 Å². The molecule has 9 nitrogen and oxygen atoms in total. The van der Waals surface area contributed by atoms with Crippen molar-refractivity contribution in [2.24, 2.45) is 0 Å². The normalized spacial score (nSPS) is 13.8. The first kappa shape index (κ1) is 26.1. The second-order valence-electron chi connectivity index (χ2n) is 9.01. The number of nitro groups is 1. The number of piperidine rings is 1. The van der Waals surface area contributed by atoms with E-state index in [2.05, 4.69) is 10.3 Å². The van der Waals surface area contributed by atoms with Gasteiger partial charge in [0.15, 0.2) is 0 Å². The molecule has 4 rings (SSSR count). The summed E-state index contributed by atoms with van der Waals surface area (Å²) in [6.45, 7) is 2.90. The van der Waals surface area contributed by atoms with Crippen LogP contribution in [0.1, 0.15) is 45.8 Å². The maximum atomic E-state index is 12.9. The van der Waals surface area contributed by atoms with Crippen molar-refractivity contribution in [1.29, 1.82) is 0 Å². The molecule has 1 aromatic heterocycles. The quantitative estimate of drug-likeness (QED) is 0.260. The van der Waals surface area contributed by atoms with Crippen LogP contribution in [-0.4, -0.2) is 46.8 Å². The molecule has 192 valence electrons. The van der Waals surface area contributed by atoms with E-state index in [-0.39, 0.29) is 29.1 Å². The number of carbonyl (C=O) groups excluding carboxylic acids is 2. The number of nitrogens with one attached hydrogen (secondary N) is 1. The Morgan fingerprint density at radius 1 is 1.14 bits per heavy atom. The van der Waals surface area contributed by atoms with Gasteiger partial charge in [-0.3, -0.25) is 19.7 Å². The second kappa shape index (κ2) is 11.4. The third kappa shape index (κ3) is 6.42. The van der Waals surface area contributed by atoms with E-state index in [4.69, 9.17) is 16.3 Å². The number of ether oxygens (including phenoxy) is 1. The summed E-state index contributed by atoms with van der Waals surface area (Å²) in [4.78, 5) is 41.9. The Bertz CT molecular complexity index is 1320. The van der Waals surface area contributed by atoms with Crippen molar-refractivity contribution in [3.63, 3.8) is 0 Å². The molecule has 37 heavy (non-hydrogen) atoms. The van der Waals surface area contributed by atoms with Gasteiger partial charge in [0.05, 0.1) is 18.5 Å². The molecule has 0 spiro atoms. The molecule has 3 aromatic rings. The third-order valence-electron chi connectivity index (χ3n) is 6.51. The van der Waals surface area contributed by atoms with E-state index in [0.29, 0.717) is 47.3 Å². The number of amides is 2. The molecule has 10 heteroatoms. The van der Waals surface area contributed by atoms with E-state index in [1.807, 2.05) is 29.2 Å². The summed E-state index contributed by atoms with van der Waals surface area (Å²) in [5.74, 6) is 0.263. The molecule has 1 N–H and O–H groups in total. The van der Waals surface area contributed by atoms with Crippen molar-refractivity contribution in [1.82, 2.24) is 9.88 Å². The molecule has 1 aliphatic heterocycles. The zero-order valence-electron chi connectivity index (χ0n) is 20.6. The van der Waals surface area contributed by atoms with Gasteiger partial charge in [-0.1, -0.05) is 35.9 Å². The molecule has 2 heterocycles. The van der Waals surface area contributed by atoms with E-state index in [1.165, 1.54) is 13.2 Å². The number of aryl methyl sites for hydroxylation is 1. The number of nitro benzene ring substituents is 1. The summed E-state index contributed by atoms with van der Waals surface area (Å²) >= 11 is 6.01. The number of benzene rings is 2. The Labute approximate surface area is 219 Å². The van der Waals surface area contributed by atoms with Crippen LogP contribution in [0.25, 0.3) is 0 Å². The number of hydrogen-bond acceptors (Lipinski definition) is 6. The zero-order valence-corrected chi connectivity index (χ0v) is 21.3. The van der Waals surface area contributed by atoms with E-state index in [0.717, 1.165) is 18.4 Å². The molecule has 1 saturated heterocycles. The summed E-state index contributed by atoms with van der Waals surface area (Å²) in [7, 11) is 1.48. The van der Waals surface area contributed by atoms with Crippen LogP contribution >= 0.6 is 11.6 Å². The van der Waals surface area contributed by atoms with Crippen LogP contribution in [0.15, 0.2) is 54.6 Å². The lowest BCUT2D eigenvalue weighted by Crippen LogP contribution is -2.38. The fourth-order valence-electron chi connectivity index (χ4n) is 4.49. The molecule has 0 saturated carbocycles. The Balaban J connectivity index is 1.31. The highest BCUT2D eigenvalue weighted by Crippen LogP contribution is 2.30. The minimum Gasteiger partial charge on any atom is -0.481 e. The van der Waals surface area contributed by atoms with Gasteiger partial charge in [0.2, 0.25) is 11.8 Å². The SMILES string of the molecule is COc1cc(C(=O)N2CCC(c3ccc(NC(=O)Cc4ccc(C)c([N+](=O)[O-])c4)cc3)CC2)cc(Cl)n1. The van der Waals surface area contributed by atoms with Crippen LogP contribution < -0.4 is 10.1 Å². The minimum atomic E-state index is -0.443. The van der Waals surface area contributed by atoms with Crippen LogP contribution in [0.2, 0.25) is 5.15 Å². The topological polar surface area (TPSA) is 115 Å². The Kier molecular flexibility index (Phi) is 8.03. The molecule has 2 amide bonds. The molecule has 0 radical (unpaired) electrons. The average Bonchev–Trinajstić information content (AvgIpc) is 2.89. The predicted octanol–water partition coefficient (Wildman–Crippen LogP) is 5.16. The number of halogens is 1. The fraction of sp³-hybridized carbons (Fsp3) is 0.296. The molecule has 0 aliphatic carbocycles. The molecule has 2 aromatic carbocycles. The standard InChI is InChI=1S/C27H27ClN4O5/c1-17-3-4-18(13-23(17)32(35)36)14-25(33)29-22-7-5-19(6-8-22)20-9-11-31(12-10-20)27(34)21-15-24(28)30-26(16-21)37-2/h3-8,13,15-16,20H,9-12,14H2,1-2H3,(H,29,33). The number of aromatic nitrogens is 1. The predicted molar refractivity (Wildman–Crippen MR) is 140 cm³/mol. The van der Waals surface area contributed by atoms with E-state index >= 15 is 0 Å². The maximum Gasteiger partial charge on any atom is 0.272 e. The summed E-state index contributed by atoms with van der Waals surface area (Å²) in [6, 6.07) is 15.6. The Morgan fingerprint density at radius 2 is 1.84 bits per heavy atom. The number of methoxy groups -OCH3 is 1. The third-order valence-corrected chi connectivity index (χ3v) is 6.70. The van der Waals surface area contributed by atoms with Gasteiger partial charge < -0.3 is 15.0 Å². The smallest absolute Gasteiger partial charge is 0.272 e. The first-order valence-electron chi connectivity index (χ1n) is 11.9. The largest absolute Gasteiger partial charge is 0.481 e. The first-order valence-corrected chi connectivity index (χ1v) is 12.3. The van der Waals surface area contributed by atoms with Crippen LogP contribution in [0.3, 0.4) is 0 Å². The van der Waals surface area contributed by atoms with Gasteiger partial charge in [0.25, 0.3) is 11.6 Å². The number of rotatable bonds is 7. The van der Waals surface area contributed by atoms with Crippen LogP contribution in [-0.2, 0) is 11.2 Å². The first-order chi connectivity index (χ1) is 17.7. The molecule has 0 bridgehead atoms. The molecule has 0 unspecified atom stereocenters. The van der Waals surface area contributed by atoms with Crippen LogP contribution in [0.4, 0.5) is 11.4 Å². The van der Waals surface area contributed by atoms with Gasteiger partial charge in [-0.15, -0.1) is 0 Å². The number of pyridine rings is 1. The summed E-state index contributed by atoms with van der Waals surface area (Å²) in [5.41, 5.74) is 3.41. The number of likely N-dealkylation sites (tertiary alicyclic amines) is 1. The second-order valence-corrected chi connectivity index (χ2v) is 9.40. The average molecular weight is 523 g/mol. The maximum absolute atomic E-state index is 12.9. The van der Waals surface area contributed by atoms with Crippen molar-refractivity contribution in [2.45, 2.75) is 32.1 Å². The van der Waals surface area contributed by atoms with Crippen molar-refractivity contribution in [2.75, 3.05) is 25.5 Å². The number of nitrogens with zero attached hydrogens (tertiary/aromatic N) is 3. The van der Waals surface area contributed by atoms with Crippen molar-refractivity contribution in [3.05, 3.63) is 92.1 Å². The summed E-state index contributed by atoms with van der Waals surface area (Å²) < 4.78 is 5.11. The molecular formula is C27H27ClN4O5. The molecule has 1 fully saturated rings. The van der Waals surface area contributed by atoms with Gasteiger partial charge >= 0.3 is 0 Å². The van der Waals surface area contributed by atoms with E-state index in [9.17, 15) is 19.7 Å². The monoisotopic (exact) mass is 522 g/mol. The van der Waals surface area contributed by atoms with Gasteiger partial charge in [-0.25, -0.2) is 4.98 Å². The highest BCUT2D eigenvalue weighted by atomic mass is 35.5. The Hall–Kier alpha value is -3.98. The van der Waals surface area contributed by atoms with E-state index in [1.54, 1.807) is 31.2 Å². The van der Waals surface area contributed by atoms with Crippen LogP contribution in [0, 0.1) is 17.0 Å². The van der Waals surface area contributed by atoms with Gasteiger partial charge in [-0.05, 0) is 55.0 Å². The lowest BCUT2D eigenvalue weighted by Gasteiger charge is -2.32. The summed E-state index contributed by atoms with van der Waals surface area (Å²) in [5, 5.41) is 14.2. The highest BCUT2D eigenvalue weighted by molar-refractivity contribution is 6.29. The minimum absolute atomic E-state index is 0.00621. The molecule has 1 aliphatic rings. The van der Waals surface area contributed by atoms with Crippen LogP contribution in [0.5, 0.6) is 5.88 Å². The number of carbonyl (C=O) groups is 2. The van der Waals surface area contributed by atoms with Crippen molar-refractivity contribution in [3.8, 4) is 5.88 Å². The molecular weight excluding hydrogens is 496 g/mol. The Morgan fingerprint density at radius 3 is 2.49 bits per heavy atom.